The highest BCUT2D eigenvalue weighted by atomic mass is 19.1. The molecule has 106 heavy (non-hydrogen) atoms. The lowest BCUT2D eigenvalue weighted by Gasteiger charge is -2.57. The van der Waals surface area contributed by atoms with E-state index < -0.39 is 5.67 Å². The molecule has 14 fully saturated rings. The first-order chi connectivity index (χ1) is 48.7. The lowest BCUT2D eigenvalue weighted by molar-refractivity contribution is -0.105. The first-order valence-electron chi connectivity index (χ1n) is 43.2. The van der Waals surface area contributed by atoms with E-state index >= 15 is 0 Å². The Balaban J connectivity index is 0.000000154. The van der Waals surface area contributed by atoms with Gasteiger partial charge in [-0.15, -0.1) is 0 Å². The quantitative estimate of drug-likeness (QED) is 0.223. The highest BCUT2D eigenvalue weighted by molar-refractivity contribution is 5.43. The zero-order valence-electron chi connectivity index (χ0n) is 75.0. The molecule has 12 heterocycles. The van der Waals surface area contributed by atoms with Crippen molar-refractivity contribution in [3.63, 3.8) is 0 Å². The molecular formula is C89H171F2N15. The van der Waals surface area contributed by atoms with E-state index in [1.807, 2.05) is 4.90 Å². The average molecular weight is 1490 g/mol. The lowest BCUT2D eigenvalue weighted by atomic mass is 9.75. The number of nitrogens with zero attached hydrogens (tertiary/aromatic N) is 15. The van der Waals surface area contributed by atoms with Gasteiger partial charge in [-0.3, -0.25) is 49.0 Å². The monoisotopic (exact) mass is 1490 g/mol. The molecule has 0 bridgehead atoms. The van der Waals surface area contributed by atoms with Crippen molar-refractivity contribution in [3.8, 4) is 0 Å². The largest absolute Gasteiger partial charge is 0.353 e. The van der Waals surface area contributed by atoms with Gasteiger partial charge in [-0.1, -0.05) is 62.3 Å². The Morgan fingerprint density at radius 1 is 0.387 bits per heavy atom. The maximum absolute atomic E-state index is 13.4. The van der Waals surface area contributed by atoms with Gasteiger partial charge in [0.2, 0.25) is 0 Å². The average Bonchev–Trinajstić information content (AvgIpc) is 1.43. The van der Waals surface area contributed by atoms with E-state index in [1.165, 1.54) is 188 Å². The minimum absolute atomic E-state index is 0.218. The van der Waals surface area contributed by atoms with Crippen LogP contribution >= 0.6 is 0 Å². The van der Waals surface area contributed by atoms with Crippen LogP contribution < -0.4 is 4.90 Å². The van der Waals surface area contributed by atoms with Crippen LogP contribution in [0.5, 0.6) is 0 Å². The molecule has 3 aliphatic carbocycles. The predicted molar refractivity (Wildman–Crippen MR) is 449 cm³/mol. The number of hydrogen-bond donors (Lipinski definition) is 0. The van der Waals surface area contributed by atoms with E-state index in [4.69, 9.17) is 0 Å². The summed E-state index contributed by atoms with van der Waals surface area (Å²) in [5.74, 6) is 3.74. The van der Waals surface area contributed by atoms with Crippen LogP contribution in [0, 0.1) is 45.7 Å². The maximum atomic E-state index is 13.4. The van der Waals surface area contributed by atoms with Gasteiger partial charge in [0.05, 0.1) is 0 Å². The Morgan fingerprint density at radius 3 is 1.05 bits per heavy atom. The molecular weight excluding hydrogens is 1320 g/mol. The van der Waals surface area contributed by atoms with Crippen LogP contribution in [-0.2, 0) is 0 Å². The van der Waals surface area contributed by atoms with Gasteiger partial charge in [0, 0.05) is 213 Å². The van der Waals surface area contributed by atoms with E-state index in [0.29, 0.717) is 74.8 Å². The number of anilines is 1. The van der Waals surface area contributed by atoms with Crippen LogP contribution in [0.1, 0.15) is 238 Å². The molecule has 0 spiro atoms. The molecule has 3 saturated carbocycles. The minimum atomic E-state index is -0.915. The molecule has 0 aromatic carbocycles. The summed E-state index contributed by atoms with van der Waals surface area (Å²) < 4.78 is 26.6. The Kier molecular flexibility index (Phi) is 30.2. The first-order valence-corrected chi connectivity index (χ1v) is 43.2. The second-order valence-corrected chi connectivity index (χ2v) is 45.3. The molecule has 0 amide bonds. The fraction of sp³-hybridized carbons (Fsp3) is 0.944. The number of rotatable bonds is 10. The van der Waals surface area contributed by atoms with Crippen molar-refractivity contribution in [1.82, 2.24) is 68.7 Å². The minimum Gasteiger partial charge on any atom is -0.353 e. The van der Waals surface area contributed by atoms with Gasteiger partial charge in [-0.2, -0.15) is 0 Å². The van der Waals surface area contributed by atoms with Crippen LogP contribution in [0.2, 0.25) is 0 Å². The number of aromatic nitrogens is 1. The highest BCUT2D eigenvalue weighted by Crippen LogP contribution is 2.42. The molecule has 17 heteroatoms. The van der Waals surface area contributed by atoms with Crippen molar-refractivity contribution in [2.75, 3.05) is 197 Å². The summed E-state index contributed by atoms with van der Waals surface area (Å²) in [5.41, 5.74) is 2.64. The molecule has 0 atom stereocenters. The Labute approximate surface area is 653 Å². The molecule has 0 radical (unpaired) electrons. The highest BCUT2D eigenvalue weighted by Gasteiger charge is 2.49. The molecule has 15 nitrogen and oxygen atoms in total. The van der Waals surface area contributed by atoms with E-state index in [1.54, 1.807) is 19.2 Å². The van der Waals surface area contributed by atoms with E-state index in [2.05, 4.69) is 270 Å². The summed E-state index contributed by atoms with van der Waals surface area (Å²) in [6.45, 7) is 89.4. The number of pyridine rings is 1. The van der Waals surface area contributed by atoms with E-state index in [0.717, 1.165) is 74.1 Å². The molecule has 0 N–H and O–H groups in total. The van der Waals surface area contributed by atoms with Gasteiger partial charge >= 0.3 is 0 Å². The third-order valence-corrected chi connectivity index (χ3v) is 27.1. The Morgan fingerprint density at radius 2 is 0.726 bits per heavy atom. The second-order valence-electron chi connectivity index (χ2n) is 45.3. The van der Waals surface area contributed by atoms with Crippen molar-refractivity contribution >= 4 is 5.82 Å². The maximum Gasteiger partial charge on any atom is 0.165 e. The van der Waals surface area contributed by atoms with Crippen molar-refractivity contribution in [2.45, 2.75) is 313 Å². The van der Waals surface area contributed by atoms with Crippen LogP contribution in [0.3, 0.4) is 0 Å². The number of hydrogen-bond acceptors (Lipinski definition) is 15. The van der Waals surface area contributed by atoms with Crippen molar-refractivity contribution in [1.29, 1.82) is 0 Å². The summed E-state index contributed by atoms with van der Waals surface area (Å²) in [6, 6.07) is 8.37. The summed E-state index contributed by atoms with van der Waals surface area (Å²) in [7, 11) is 8.64. The zero-order chi connectivity index (χ0) is 78.9. The van der Waals surface area contributed by atoms with Gasteiger partial charge in [0.15, 0.2) is 11.6 Å². The third kappa shape index (κ3) is 26.7. The van der Waals surface area contributed by atoms with Gasteiger partial charge in [0.1, 0.15) is 5.67 Å². The molecule has 1 aromatic rings. The number of piperidine rings is 1. The van der Waals surface area contributed by atoms with Crippen molar-refractivity contribution in [3.05, 3.63) is 24.1 Å². The fourth-order valence-corrected chi connectivity index (χ4v) is 16.8. The Bertz CT molecular complexity index is 2730. The lowest BCUT2D eigenvalue weighted by Crippen LogP contribution is -2.71. The molecule has 11 aliphatic heterocycles. The van der Waals surface area contributed by atoms with Gasteiger partial charge in [-0.05, 0) is 282 Å². The summed E-state index contributed by atoms with van der Waals surface area (Å²) in [5, 5.41) is 0. The third-order valence-electron chi connectivity index (χ3n) is 27.1. The van der Waals surface area contributed by atoms with Crippen LogP contribution in [0.15, 0.2) is 18.3 Å². The number of likely N-dealkylation sites (tertiary alicyclic amines) is 9. The van der Waals surface area contributed by atoms with Gasteiger partial charge in [-0.25, -0.2) is 13.8 Å². The number of alkyl halides is 1. The van der Waals surface area contributed by atoms with Gasteiger partial charge < -0.3 is 19.6 Å². The topological polar surface area (TPSA) is 58.3 Å². The van der Waals surface area contributed by atoms with E-state index in [-0.39, 0.29) is 11.4 Å². The summed E-state index contributed by atoms with van der Waals surface area (Å²) >= 11 is 0. The SMILES string of the molecule is CC(C)(C)C1CCN(C2CC2)CC1.CC(C)(C)C1CN(C2CC2)C1.CC(C)(C)C1CN(c2ncccc2F)C1.CC(C)(C)N1CC(N2CCC2)C1.CC(C)(C)N1CC(N2CCN(C3CC3)CC2)C1.CC1(F)CN(C2CN(C(C)(C)C)C2)C1.CN(C)C1(C)CN(C(C)(C)C)C1.CN(C)CC1CN(C(C)(C)C)C1. The standard InChI is InChI=1S/C14H27N3.C12H17FN2.C12H23N.C11H21FN2.C10H20N2.2C10H22N2.C10H19N/c1-14(2,3)17-10-13(11-17)16-8-6-15(7-9-16)12-4-5-12;1-12(2,3)9-7-15(8-9)11-10(13)5-4-6-14-11;1-12(2,3)10-6-8-13(9-7-10)11-4-5-11;1-10(2,3)14-5-9(6-14)13-7-11(4,12)8-13;1-10(2,3)12-7-9(8-12)11-5-4-6-11;1-10(2,3)12-7-9(8-12)6-11(4)5;1-9(2,3)12-7-10(4,8-12)11(5)6;1-10(2,3)8-6-11(7-8)9-4-5-9/h12-13H,4-11H2,1-3H3;4-6,9H,7-8H2,1-3H3;10-11H,4-9H2,1-3H3;9H,5-8H2,1-4H3;9H,4-8H2,1-3H3;9H,6-8H2,1-5H3;7-8H2,1-6H3;8-9H,4-7H2,1-3H3. The van der Waals surface area contributed by atoms with Crippen molar-refractivity contribution < 1.29 is 8.78 Å². The van der Waals surface area contributed by atoms with E-state index in [9.17, 15) is 8.78 Å². The molecule has 11 saturated heterocycles. The summed E-state index contributed by atoms with van der Waals surface area (Å²) in [6.07, 6.45) is 14.7. The number of halogens is 2. The smallest absolute Gasteiger partial charge is 0.165 e. The van der Waals surface area contributed by atoms with Gasteiger partial charge in [0.25, 0.3) is 0 Å². The zero-order valence-corrected chi connectivity index (χ0v) is 75.0. The second kappa shape index (κ2) is 35.6. The van der Waals surface area contributed by atoms with Crippen LogP contribution in [-0.4, -0.2) is 336 Å². The summed E-state index contributed by atoms with van der Waals surface area (Å²) in [4.78, 5) is 39.0. The first kappa shape index (κ1) is 89.8. The van der Waals surface area contributed by atoms with Crippen molar-refractivity contribution in [2.24, 2.45) is 39.9 Å². The molecule has 1 aromatic heterocycles. The van der Waals surface area contributed by atoms with Crippen LogP contribution in [0.25, 0.3) is 0 Å². The van der Waals surface area contributed by atoms with Crippen LogP contribution in [0.4, 0.5) is 14.6 Å². The molecule has 0 unspecified atom stereocenters. The number of piperazine rings is 1. The predicted octanol–water partition coefficient (Wildman–Crippen LogP) is 14.4. The molecule has 616 valence electrons. The molecule has 14 aliphatic rings. The normalized spacial score (nSPS) is 26.1. The molecule has 15 rings (SSSR count). The Hall–Kier alpha value is -1.71. The fourth-order valence-electron chi connectivity index (χ4n) is 16.8. The number of likely N-dealkylation sites (N-methyl/N-ethyl adjacent to an activating group) is 1.